The van der Waals surface area contributed by atoms with Gasteiger partial charge in [-0.25, -0.2) is 0 Å². The first-order valence-electron chi connectivity index (χ1n) is 6.27. The van der Waals surface area contributed by atoms with Crippen LogP contribution in [-0.4, -0.2) is 18.5 Å². The molecule has 1 N–H and O–H groups in total. The first-order valence-corrected chi connectivity index (χ1v) is 6.65. The first kappa shape index (κ1) is 13.9. The zero-order valence-electron chi connectivity index (χ0n) is 10.7. The van der Waals surface area contributed by atoms with Gasteiger partial charge in [-0.2, -0.15) is 0 Å². The molecule has 0 aromatic heterocycles. The van der Waals surface area contributed by atoms with Crippen molar-refractivity contribution >= 4 is 23.5 Å². The fourth-order valence-corrected chi connectivity index (χ4v) is 1.82. The highest BCUT2D eigenvalue weighted by atomic mass is 35.5. The fraction of sp³-hybridized carbons (Fsp3) is 0.429. The number of amides is 1. The lowest BCUT2D eigenvalue weighted by Crippen LogP contribution is -2.31. The van der Waals surface area contributed by atoms with Crippen LogP contribution in [0.5, 0.6) is 0 Å². The number of ether oxygens (including phenoxy) is 1. The molecule has 0 spiro atoms. The van der Waals surface area contributed by atoms with Crippen LogP contribution in [0.25, 0.3) is 0 Å². The number of nitrogens with one attached hydrogen (secondary N) is 1. The van der Waals surface area contributed by atoms with E-state index in [2.05, 4.69) is 5.32 Å². The molecule has 0 saturated heterocycles. The van der Waals surface area contributed by atoms with Gasteiger partial charge >= 0.3 is 5.97 Å². The van der Waals surface area contributed by atoms with Crippen LogP contribution in [-0.2, 0) is 14.3 Å². The van der Waals surface area contributed by atoms with Gasteiger partial charge in [0.25, 0.3) is 5.91 Å². The van der Waals surface area contributed by atoms with Gasteiger partial charge in [0.05, 0.1) is 12.0 Å². The van der Waals surface area contributed by atoms with Crippen LogP contribution in [0, 0.1) is 5.92 Å². The van der Waals surface area contributed by atoms with Gasteiger partial charge in [0.1, 0.15) is 0 Å². The molecule has 0 bridgehead atoms. The van der Waals surface area contributed by atoms with E-state index in [0.29, 0.717) is 5.02 Å². The van der Waals surface area contributed by atoms with Gasteiger partial charge in [0.15, 0.2) is 6.61 Å². The molecule has 1 aliphatic rings. The first-order chi connectivity index (χ1) is 9.06. The molecule has 1 aromatic carbocycles. The summed E-state index contributed by atoms with van der Waals surface area (Å²) >= 11 is 5.80. The van der Waals surface area contributed by atoms with Crippen LogP contribution in [0.1, 0.15) is 31.4 Å². The number of esters is 1. The summed E-state index contributed by atoms with van der Waals surface area (Å²) in [7, 11) is 0. The molecule has 1 aliphatic carbocycles. The second kappa shape index (κ2) is 6.06. The van der Waals surface area contributed by atoms with Crippen LogP contribution in [0.3, 0.4) is 0 Å². The highest BCUT2D eigenvalue weighted by Gasteiger charge is 2.31. The third-order valence-electron chi connectivity index (χ3n) is 3.00. The minimum absolute atomic E-state index is 0.0153. The molecule has 1 atom stereocenters. The lowest BCUT2D eigenvalue weighted by molar-refractivity contribution is -0.150. The summed E-state index contributed by atoms with van der Waals surface area (Å²) in [4.78, 5) is 22.9. The van der Waals surface area contributed by atoms with Gasteiger partial charge < -0.3 is 10.1 Å². The predicted octanol–water partition coefficient (Wildman–Crippen LogP) is 2.47. The highest BCUT2D eigenvalue weighted by molar-refractivity contribution is 6.30. The van der Waals surface area contributed by atoms with Crippen LogP contribution in [0.2, 0.25) is 5.02 Å². The summed E-state index contributed by atoms with van der Waals surface area (Å²) in [6, 6.07) is 7.09. The van der Waals surface area contributed by atoms with E-state index in [-0.39, 0.29) is 30.4 Å². The molecule has 19 heavy (non-hydrogen) atoms. The van der Waals surface area contributed by atoms with E-state index in [9.17, 15) is 9.59 Å². The van der Waals surface area contributed by atoms with Crippen molar-refractivity contribution in [1.82, 2.24) is 5.32 Å². The standard InChI is InChI=1S/C14H16ClNO3/c1-9(10-4-6-12(15)7-5-10)16-13(17)8-19-14(18)11-2-3-11/h4-7,9,11H,2-3,8H2,1H3,(H,16,17)/t9-/m1/s1. The number of benzene rings is 1. The molecule has 0 radical (unpaired) electrons. The van der Waals surface area contributed by atoms with Crippen molar-refractivity contribution in [2.45, 2.75) is 25.8 Å². The molecule has 0 heterocycles. The Balaban J connectivity index is 1.77. The molecule has 0 aliphatic heterocycles. The molecule has 102 valence electrons. The van der Waals surface area contributed by atoms with E-state index in [4.69, 9.17) is 16.3 Å². The van der Waals surface area contributed by atoms with E-state index < -0.39 is 0 Å². The quantitative estimate of drug-likeness (QED) is 0.844. The Labute approximate surface area is 117 Å². The molecule has 1 saturated carbocycles. The van der Waals surface area contributed by atoms with Crippen molar-refractivity contribution in [3.8, 4) is 0 Å². The van der Waals surface area contributed by atoms with Crippen LogP contribution in [0.15, 0.2) is 24.3 Å². The van der Waals surface area contributed by atoms with Crippen molar-refractivity contribution in [3.05, 3.63) is 34.9 Å². The molecular weight excluding hydrogens is 266 g/mol. The van der Waals surface area contributed by atoms with Crippen molar-refractivity contribution in [2.75, 3.05) is 6.61 Å². The molecule has 2 rings (SSSR count). The number of rotatable bonds is 5. The van der Waals surface area contributed by atoms with Crippen molar-refractivity contribution in [1.29, 1.82) is 0 Å². The Kier molecular flexibility index (Phi) is 4.43. The van der Waals surface area contributed by atoms with Crippen LogP contribution < -0.4 is 5.32 Å². The number of carbonyl (C=O) groups excluding carboxylic acids is 2. The summed E-state index contributed by atoms with van der Waals surface area (Å²) in [6.07, 6.45) is 1.75. The minimum Gasteiger partial charge on any atom is -0.455 e. The molecule has 1 amide bonds. The number of carbonyl (C=O) groups is 2. The Morgan fingerprint density at radius 2 is 2.00 bits per heavy atom. The maximum absolute atomic E-state index is 11.6. The maximum Gasteiger partial charge on any atom is 0.309 e. The molecule has 5 heteroatoms. The van der Waals surface area contributed by atoms with Gasteiger partial charge in [-0.05, 0) is 37.5 Å². The van der Waals surface area contributed by atoms with Crippen molar-refractivity contribution < 1.29 is 14.3 Å². The van der Waals surface area contributed by atoms with Crippen LogP contribution in [0.4, 0.5) is 0 Å². The zero-order valence-corrected chi connectivity index (χ0v) is 11.4. The summed E-state index contributed by atoms with van der Waals surface area (Å²) in [5.41, 5.74) is 0.950. The normalized spacial score (nSPS) is 15.7. The van der Waals surface area contributed by atoms with E-state index in [1.54, 1.807) is 12.1 Å². The average Bonchev–Trinajstić information content (AvgIpc) is 3.21. The fourth-order valence-electron chi connectivity index (χ4n) is 1.69. The van der Waals surface area contributed by atoms with E-state index in [1.165, 1.54) is 0 Å². The Hall–Kier alpha value is -1.55. The third kappa shape index (κ3) is 4.24. The van der Waals surface area contributed by atoms with E-state index in [0.717, 1.165) is 18.4 Å². The second-order valence-electron chi connectivity index (χ2n) is 4.72. The minimum atomic E-state index is -0.295. The zero-order chi connectivity index (χ0) is 13.8. The average molecular weight is 282 g/mol. The van der Waals surface area contributed by atoms with Crippen molar-refractivity contribution in [2.24, 2.45) is 5.92 Å². The van der Waals surface area contributed by atoms with Gasteiger partial charge in [0.2, 0.25) is 0 Å². The van der Waals surface area contributed by atoms with E-state index in [1.807, 2.05) is 19.1 Å². The largest absolute Gasteiger partial charge is 0.455 e. The smallest absolute Gasteiger partial charge is 0.309 e. The van der Waals surface area contributed by atoms with Gasteiger partial charge in [0, 0.05) is 5.02 Å². The number of hydrogen-bond acceptors (Lipinski definition) is 3. The summed E-state index contributed by atoms with van der Waals surface area (Å²) in [5.74, 6) is -0.549. The summed E-state index contributed by atoms with van der Waals surface area (Å²) in [6.45, 7) is 1.65. The van der Waals surface area contributed by atoms with Crippen LogP contribution >= 0.6 is 11.6 Å². The Bertz CT molecular complexity index is 468. The molecule has 1 fully saturated rings. The lowest BCUT2D eigenvalue weighted by Gasteiger charge is -2.14. The predicted molar refractivity (Wildman–Crippen MR) is 71.7 cm³/mol. The SMILES string of the molecule is C[C@@H](NC(=O)COC(=O)C1CC1)c1ccc(Cl)cc1. The molecule has 4 nitrogen and oxygen atoms in total. The monoisotopic (exact) mass is 281 g/mol. The molecular formula is C14H16ClNO3. The Morgan fingerprint density at radius 3 is 2.58 bits per heavy atom. The highest BCUT2D eigenvalue weighted by Crippen LogP contribution is 2.29. The third-order valence-corrected chi connectivity index (χ3v) is 3.26. The number of halogens is 1. The molecule has 1 aromatic rings. The van der Waals surface area contributed by atoms with Crippen molar-refractivity contribution in [3.63, 3.8) is 0 Å². The lowest BCUT2D eigenvalue weighted by atomic mass is 10.1. The van der Waals surface area contributed by atoms with Gasteiger partial charge in [-0.15, -0.1) is 0 Å². The topological polar surface area (TPSA) is 55.4 Å². The Morgan fingerprint density at radius 1 is 1.37 bits per heavy atom. The van der Waals surface area contributed by atoms with E-state index >= 15 is 0 Å². The second-order valence-corrected chi connectivity index (χ2v) is 5.16. The van der Waals surface area contributed by atoms with Gasteiger partial charge in [-0.3, -0.25) is 9.59 Å². The maximum atomic E-state index is 11.6. The summed E-state index contributed by atoms with van der Waals surface area (Å²) in [5, 5.41) is 3.42. The number of hydrogen-bond donors (Lipinski definition) is 1. The van der Waals surface area contributed by atoms with Gasteiger partial charge in [-0.1, -0.05) is 23.7 Å². The summed E-state index contributed by atoms with van der Waals surface area (Å²) < 4.78 is 4.91. The molecule has 0 unspecified atom stereocenters.